The maximum Gasteiger partial charge on any atom is 0.325 e. The first-order valence-corrected chi connectivity index (χ1v) is 7.36. The molecule has 2 aromatic carbocycles. The van der Waals surface area contributed by atoms with Gasteiger partial charge in [0, 0.05) is 0 Å². The molecule has 0 aromatic heterocycles. The fourth-order valence-electron chi connectivity index (χ4n) is 2.74. The van der Waals surface area contributed by atoms with Crippen LogP contribution in [0.4, 0.5) is 9.18 Å². The van der Waals surface area contributed by atoms with Gasteiger partial charge in [-0.05, 0) is 37.1 Å². The van der Waals surface area contributed by atoms with Crippen molar-refractivity contribution < 1.29 is 14.0 Å². The number of carbonyl (C=O) groups excluding carboxylic acids is 2. The first kappa shape index (κ1) is 15.2. The second-order valence-corrected chi connectivity index (χ2v) is 5.94. The van der Waals surface area contributed by atoms with E-state index >= 15 is 0 Å². The number of halogens is 1. The molecule has 118 valence electrons. The van der Waals surface area contributed by atoms with Crippen LogP contribution in [0.3, 0.4) is 0 Å². The van der Waals surface area contributed by atoms with Crippen LogP contribution in [0.5, 0.6) is 0 Å². The standard InChI is InChI=1S/C18H17FN2O2/c1-12-6-8-14(9-7-12)18(2)16(22)21(17(23)20-18)11-13-4-3-5-15(19)10-13/h3-10H,11H2,1-2H3,(H,20,23)/t18-/m1/s1. The molecule has 1 aliphatic heterocycles. The van der Waals surface area contributed by atoms with Crippen LogP contribution in [-0.2, 0) is 16.9 Å². The molecule has 0 bridgehead atoms. The van der Waals surface area contributed by atoms with Crippen molar-refractivity contribution in [3.63, 3.8) is 0 Å². The van der Waals surface area contributed by atoms with E-state index in [0.717, 1.165) is 16.0 Å². The average Bonchev–Trinajstić information content (AvgIpc) is 2.72. The van der Waals surface area contributed by atoms with E-state index < -0.39 is 17.4 Å². The third-order valence-electron chi connectivity index (χ3n) is 4.13. The van der Waals surface area contributed by atoms with Crippen LogP contribution in [0.15, 0.2) is 48.5 Å². The molecule has 5 heteroatoms. The minimum atomic E-state index is -1.10. The van der Waals surface area contributed by atoms with Gasteiger partial charge in [0.2, 0.25) is 0 Å². The van der Waals surface area contributed by atoms with E-state index in [1.807, 2.05) is 31.2 Å². The van der Waals surface area contributed by atoms with Crippen molar-refractivity contribution in [1.29, 1.82) is 0 Å². The Morgan fingerprint density at radius 1 is 1.13 bits per heavy atom. The molecule has 1 heterocycles. The number of rotatable bonds is 3. The summed E-state index contributed by atoms with van der Waals surface area (Å²) in [5.74, 6) is -0.730. The van der Waals surface area contributed by atoms with Crippen molar-refractivity contribution >= 4 is 11.9 Å². The zero-order valence-electron chi connectivity index (χ0n) is 13.0. The fraction of sp³-hybridized carbons (Fsp3) is 0.222. The molecule has 1 saturated heterocycles. The Morgan fingerprint density at radius 2 is 1.83 bits per heavy atom. The van der Waals surface area contributed by atoms with E-state index in [4.69, 9.17) is 0 Å². The second kappa shape index (κ2) is 5.50. The van der Waals surface area contributed by atoms with E-state index in [-0.39, 0.29) is 12.5 Å². The Labute approximate surface area is 133 Å². The van der Waals surface area contributed by atoms with Gasteiger partial charge >= 0.3 is 6.03 Å². The summed E-state index contributed by atoms with van der Waals surface area (Å²) in [6.07, 6.45) is 0. The van der Waals surface area contributed by atoms with Crippen LogP contribution < -0.4 is 5.32 Å². The van der Waals surface area contributed by atoms with E-state index in [1.54, 1.807) is 19.1 Å². The van der Waals surface area contributed by atoms with Crippen molar-refractivity contribution in [3.05, 3.63) is 71.0 Å². The van der Waals surface area contributed by atoms with Crippen molar-refractivity contribution in [2.45, 2.75) is 25.9 Å². The predicted octanol–water partition coefficient (Wildman–Crippen LogP) is 3.10. The second-order valence-electron chi connectivity index (χ2n) is 5.94. The van der Waals surface area contributed by atoms with E-state index in [0.29, 0.717) is 5.56 Å². The molecular weight excluding hydrogens is 295 g/mol. The number of aryl methyl sites for hydroxylation is 1. The number of nitrogens with zero attached hydrogens (tertiary/aromatic N) is 1. The molecule has 1 fully saturated rings. The molecule has 0 aliphatic carbocycles. The van der Waals surface area contributed by atoms with E-state index in [9.17, 15) is 14.0 Å². The summed E-state index contributed by atoms with van der Waals surface area (Å²) in [7, 11) is 0. The molecule has 23 heavy (non-hydrogen) atoms. The minimum Gasteiger partial charge on any atom is -0.319 e. The van der Waals surface area contributed by atoms with Crippen LogP contribution in [0.2, 0.25) is 0 Å². The van der Waals surface area contributed by atoms with Gasteiger partial charge in [-0.1, -0.05) is 42.0 Å². The number of imide groups is 1. The molecule has 1 atom stereocenters. The van der Waals surface area contributed by atoms with Gasteiger partial charge in [-0.15, -0.1) is 0 Å². The lowest BCUT2D eigenvalue weighted by molar-refractivity contribution is -0.131. The monoisotopic (exact) mass is 312 g/mol. The first-order valence-electron chi connectivity index (χ1n) is 7.36. The third kappa shape index (κ3) is 2.70. The summed E-state index contributed by atoms with van der Waals surface area (Å²) < 4.78 is 13.3. The molecule has 3 amide bonds. The number of urea groups is 1. The van der Waals surface area contributed by atoms with Gasteiger partial charge in [0.25, 0.3) is 5.91 Å². The predicted molar refractivity (Wildman–Crippen MR) is 84.0 cm³/mol. The molecular formula is C18H17FN2O2. The lowest BCUT2D eigenvalue weighted by Gasteiger charge is -2.22. The Kier molecular flexibility index (Phi) is 3.64. The molecule has 1 aliphatic rings. The Hall–Kier alpha value is -2.69. The van der Waals surface area contributed by atoms with Crippen molar-refractivity contribution in [2.75, 3.05) is 0 Å². The van der Waals surface area contributed by atoms with Gasteiger partial charge < -0.3 is 5.32 Å². The number of hydrogen-bond acceptors (Lipinski definition) is 2. The normalized spacial score (nSPS) is 20.7. The molecule has 0 saturated carbocycles. The summed E-state index contributed by atoms with van der Waals surface area (Å²) in [5.41, 5.74) is 1.27. The molecule has 3 rings (SSSR count). The highest BCUT2D eigenvalue weighted by atomic mass is 19.1. The molecule has 2 aromatic rings. The molecule has 1 N–H and O–H groups in total. The van der Waals surface area contributed by atoms with Gasteiger partial charge in [-0.3, -0.25) is 9.69 Å². The van der Waals surface area contributed by atoms with Crippen molar-refractivity contribution in [1.82, 2.24) is 10.2 Å². The van der Waals surface area contributed by atoms with Crippen LogP contribution in [0.25, 0.3) is 0 Å². The molecule has 0 radical (unpaired) electrons. The number of benzene rings is 2. The van der Waals surface area contributed by atoms with Gasteiger partial charge in [0.15, 0.2) is 0 Å². The van der Waals surface area contributed by atoms with Crippen LogP contribution in [0, 0.1) is 12.7 Å². The number of hydrogen-bond donors (Lipinski definition) is 1. The topological polar surface area (TPSA) is 49.4 Å². The maximum atomic E-state index is 13.3. The maximum absolute atomic E-state index is 13.3. The largest absolute Gasteiger partial charge is 0.325 e. The zero-order chi connectivity index (χ0) is 16.6. The van der Waals surface area contributed by atoms with Gasteiger partial charge in [-0.25, -0.2) is 9.18 Å². The van der Waals surface area contributed by atoms with E-state index in [1.165, 1.54) is 12.1 Å². The van der Waals surface area contributed by atoms with Crippen LogP contribution in [-0.4, -0.2) is 16.8 Å². The lowest BCUT2D eigenvalue weighted by atomic mass is 9.91. The molecule has 0 spiro atoms. The third-order valence-corrected chi connectivity index (χ3v) is 4.13. The number of amides is 3. The van der Waals surface area contributed by atoms with Gasteiger partial charge in [-0.2, -0.15) is 0 Å². The number of nitrogens with one attached hydrogen (secondary N) is 1. The first-order chi connectivity index (χ1) is 10.9. The highest BCUT2D eigenvalue weighted by molar-refractivity contribution is 6.07. The summed E-state index contributed by atoms with van der Waals surface area (Å²) in [6, 6.07) is 12.9. The molecule has 0 unspecified atom stereocenters. The van der Waals surface area contributed by atoms with Gasteiger partial charge in [0.1, 0.15) is 11.4 Å². The number of carbonyl (C=O) groups is 2. The van der Waals surface area contributed by atoms with Crippen molar-refractivity contribution in [3.8, 4) is 0 Å². The Balaban J connectivity index is 1.89. The van der Waals surface area contributed by atoms with E-state index in [2.05, 4.69) is 5.32 Å². The SMILES string of the molecule is Cc1ccc([C@@]2(C)NC(=O)N(Cc3cccc(F)c3)C2=O)cc1. The van der Waals surface area contributed by atoms with Crippen molar-refractivity contribution in [2.24, 2.45) is 0 Å². The quantitative estimate of drug-likeness (QED) is 0.885. The van der Waals surface area contributed by atoms with Crippen LogP contribution in [0.1, 0.15) is 23.6 Å². The Bertz CT molecular complexity index is 773. The zero-order valence-corrected chi connectivity index (χ0v) is 13.0. The summed E-state index contributed by atoms with van der Waals surface area (Å²) in [5, 5.41) is 2.74. The Morgan fingerprint density at radius 3 is 2.48 bits per heavy atom. The highest BCUT2D eigenvalue weighted by Gasteiger charge is 2.48. The summed E-state index contributed by atoms with van der Waals surface area (Å²) in [6.45, 7) is 3.69. The lowest BCUT2D eigenvalue weighted by Crippen LogP contribution is -2.40. The summed E-state index contributed by atoms with van der Waals surface area (Å²) >= 11 is 0. The average molecular weight is 312 g/mol. The minimum absolute atomic E-state index is 0.0455. The van der Waals surface area contributed by atoms with Crippen LogP contribution >= 0.6 is 0 Å². The fourth-order valence-corrected chi connectivity index (χ4v) is 2.74. The molecule has 4 nitrogen and oxygen atoms in total. The highest BCUT2D eigenvalue weighted by Crippen LogP contribution is 2.30. The summed E-state index contributed by atoms with van der Waals surface area (Å²) in [4.78, 5) is 26.1. The smallest absolute Gasteiger partial charge is 0.319 e. The van der Waals surface area contributed by atoms with Gasteiger partial charge in [0.05, 0.1) is 6.54 Å².